The van der Waals surface area contributed by atoms with Gasteiger partial charge in [-0.15, -0.1) is 0 Å². The van der Waals surface area contributed by atoms with Crippen LogP contribution >= 0.6 is 23.1 Å². The van der Waals surface area contributed by atoms with Gasteiger partial charge >= 0.3 is 0 Å². The second kappa shape index (κ2) is 6.54. The highest BCUT2D eigenvalue weighted by molar-refractivity contribution is 8.03. The molecule has 0 bridgehead atoms. The molecule has 2 nitrogen and oxygen atoms in total. The van der Waals surface area contributed by atoms with Crippen LogP contribution in [0.25, 0.3) is 15.8 Å². The number of para-hydroxylation sites is 2. The highest BCUT2D eigenvalue weighted by Gasteiger charge is 2.33. The number of allylic oxidation sites excluding steroid dienone is 3. The van der Waals surface area contributed by atoms with Gasteiger partial charge in [0.25, 0.3) is 5.01 Å². The van der Waals surface area contributed by atoms with Crippen LogP contribution in [0.2, 0.25) is 0 Å². The normalized spacial score (nSPS) is 19.4. The number of thiazole rings is 1. The quantitative estimate of drug-likeness (QED) is 0.485. The average Bonchev–Trinajstić information content (AvgIpc) is 3.36. The Morgan fingerprint density at radius 2 is 1.74 bits per heavy atom. The molecule has 0 spiro atoms. The summed E-state index contributed by atoms with van der Waals surface area (Å²) in [6.07, 6.45) is 3.38. The Hall–Kier alpha value is -2.04. The summed E-state index contributed by atoms with van der Waals surface area (Å²) in [5.74, 6) is 0. The number of rotatable bonds is 2. The molecule has 0 radical (unpaired) electrons. The molecule has 0 amide bonds. The average molecular weight is 392 g/mol. The lowest BCUT2D eigenvalue weighted by Crippen LogP contribution is -2.30. The van der Waals surface area contributed by atoms with Crippen LogP contribution in [0.5, 0.6) is 0 Å². The van der Waals surface area contributed by atoms with Crippen molar-refractivity contribution >= 4 is 44.6 Å². The molecule has 0 fully saturated rings. The number of hydrogen-bond acceptors (Lipinski definition) is 3. The minimum absolute atomic E-state index is 1.09. The zero-order valence-corrected chi connectivity index (χ0v) is 17.6. The fraction of sp³-hybridized carbons (Fsp3) is 0.261. The SMILES string of the molecule is CCC1=C(c2sc3ccccc3[n+]2C)CC/C1=C1/Sc2ccccc2N1C. The van der Waals surface area contributed by atoms with Crippen molar-refractivity contribution in [3.8, 4) is 0 Å². The Balaban J connectivity index is 1.65. The smallest absolute Gasteiger partial charge is 0.266 e. The number of nitrogens with zero attached hydrogens (tertiary/aromatic N) is 2. The first-order valence-electron chi connectivity index (χ1n) is 9.53. The van der Waals surface area contributed by atoms with E-state index in [1.165, 1.54) is 30.8 Å². The molecule has 0 N–H and O–H groups in total. The maximum Gasteiger partial charge on any atom is 0.266 e. The highest BCUT2D eigenvalue weighted by atomic mass is 32.2. The molecule has 0 unspecified atom stereocenters. The fourth-order valence-electron chi connectivity index (χ4n) is 4.37. The second-order valence-corrected chi connectivity index (χ2v) is 9.22. The van der Waals surface area contributed by atoms with Gasteiger partial charge < -0.3 is 4.90 Å². The number of hydrogen-bond donors (Lipinski definition) is 0. The maximum atomic E-state index is 2.39. The summed E-state index contributed by atoms with van der Waals surface area (Å²) in [4.78, 5) is 3.76. The highest BCUT2D eigenvalue weighted by Crippen LogP contribution is 2.51. The van der Waals surface area contributed by atoms with Crippen molar-refractivity contribution in [1.29, 1.82) is 0 Å². The third-order valence-electron chi connectivity index (χ3n) is 5.70. The molecule has 4 heteroatoms. The monoisotopic (exact) mass is 391 g/mol. The van der Waals surface area contributed by atoms with Crippen molar-refractivity contribution in [3.63, 3.8) is 0 Å². The summed E-state index contributed by atoms with van der Waals surface area (Å²) in [5, 5.41) is 2.85. The molecule has 2 aromatic carbocycles. The van der Waals surface area contributed by atoms with Crippen molar-refractivity contribution < 1.29 is 4.57 Å². The number of aryl methyl sites for hydroxylation is 1. The van der Waals surface area contributed by atoms with E-state index in [-0.39, 0.29) is 0 Å². The molecule has 3 aromatic rings. The van der Waals surface area contributed by atoms with Crippen LogP contribution in [-0.2, 0) is 7.05 Å². The topological polar surface area (TPSA) is 7.12 Å². The van der Waals surface area contributed by atoms with Gasteiger partial charge in [-0.3, -0.25) is 0 Å². The van der Waals surface area contributed by atoms with Gasteiger partial charge in [-0.2, -0.15) is 4.57 Å². The summed E-state index contributed by atoms with van der Waals surface area (Å²) < 4.78 is 3.76. The van der Waals surface area contributed by atoms with E-state index < -0.39 is 0 Å². The van der Waals surface area contributed by atoms with E-state index in [4.69, 9.17) is 0 Å². The number of benzene rings is 2. The van der Waals surface area contributed by atoms with Crippen LogP contribution in [0.4, 0.5) is 5.69 Å². The lowest BCUT2D eigenvalue weighted by molar-refractivity contribution is -0.642. The largest absolute Gasteiger partial charge is 0.338 e. The molecule has 1 aromatic heterocycles. The molecule has 0 atom stereocenters. The molecule has 0 saturated carbocycles. The molecule has 27 heavy (non-hydrogen) atoms. The first kappa shape index (κ1) is 17.1. The predicted octanol–water partition coefficient (Wildman–Crippen LogP) is 6.14. The van der Waals surface area contributed by atoms with E-state index in [0.29, 0.717) is 0 Å². The molecule has 2 aliphatic rings. The number of anilines is 1. The van der Waals surface area contributed by atoms with Crippen LogP contribution < -0.4 is 9.47 Å². The molecule has 136 valence electrons. The number of aromatic nitrogens is 1. The fourth-order valence-corrected chi connectivity index (χ4v) is 6.86. The second-order valence-electron chi connectivity index (χ2n) is 7.16. The van der Waals surface area contributed by atoms with Crippen molar-refractivity contribution in [2.75, 3.05) is 11.9 Å². The Morgan fingerprint density at radius 3 is 2.52 bits per heavy atom. The van der Waals surface area contributed by atoms with Crippen LogP contribution in [0, 0.1) is 0 Å². The van der Waals surface area contributed by atoms with Gasteiger partial charge in [0.05, 0.1) is 10.7 Å². The van der Waals surface area contributed by atoms with Crippen molar-refractivity contribution in [2.45, 2.75) is 31.1 Å². The first-order chi connectivity index (χ1) is 13.2. The van der Waals surface area contributed by atoms with Crippen LogP contribution in [0.3, 0.4) is 0 Å². The Kier molecular flexibility index (Phi) is 4.14. The molecular formula is C23H23N2S2+. The van der Waals surface area contributed by atoms with Crippen molar-refractivity contribution in [3.05, 3.63) is 69.7 Å². The van der Waals surface area contributed by atoms with Gasteiger partial charge in [0.2, 0.25) is 5.52 Å². The van der Waals surface area contributed by atoms with E-state index in [9.17, 15) is 0 Å². The Labute approximate surface area is 168 Å². The summed E-state index contributed by atoms with van der Waals surface area (Å²) in [5.41, 5.74) is 7.32. The van der Waals surface area contributed by atoms with E-state index in [1.807, 2.05) is 23.1 Å². The first-order valence-corrected chi connectivity index (χ1v) is 11.2. The van der Waals surface area contributed by atoms with Crippen LogP contribution in [0.1, 0.15) is 31.2 Å². The standard InChI is InChI=1S/C23H23N2S2/c1-4-15-16(22-24(2)18-9-5-7-11-20(18)26-22)13-14-17(15)23-25(3)19-10-6-8-12-21(19)27-23/h5-12H,4,13-14H2,1-3H3/q+1. The van der Waals surface area contributed by atoms with E-state index in [1.54, 1.807) is 16.7 Å². The van der Waals surface area contributed by atoms with Gasteiger partial charge in [0, 0.05) is 23.6 Å². The van der Waals surface area contributed by atoms with Crippen LogP contribution in [-0.4, -0.2) is 7.05 Å². The minimum Gasteiger partial charge on any atom is -0.338 e. The van der Waals surface area contributed by atoms with Gasteiger partial charge in [0.15, 0.2) is 0 Å². The predicted molar refractivity (Wildman–Crippen MR) is 117 cm³/mol. The Morgan fingerprint density at radius 1 is 1.00 bits per heavy atom. The summed E-state index contributed by atoms with van der Waals surface area (Å²) in [6, 6.07) is 17.5. The van der Waals surface area contributed by atoms with E-state index in [0.717, 1.165) is 19.3 Å². The molecule has 5 rings (SSSR count). The van der Waals surface area contributed by atoms with Crippen LogP contribution in [0.15, 0.2) is 69.6 Å². The third-order valence-corrected chi connectivity index (χ3v) is 8.26. The van der Waals surface area contributed by atoms with Gasteiger partial charge in [0.1, 0.15) is 11.7 Å². The van der Waals surface area contributed by atoms with Gasteiger partial charge in [-0.05, 0) is 48.6 Å². The molecule has 2 heterocycles. The molecule has 1 aliphatic carbocycles. The summed E-state index contributed by atoms with van der Waals surface area (Å²) >= 11 is 3.87. The zero-order chi connectivity index (χ0) is 18.5. The van der Waals surface area contributed by atoms with E-state index >= 15 is 0 Å². The molecular weight excluding hydrogens is 368 g/mol. The maximum absolute atomic E-state index is 2.39. The van der Waals surface area contributed by atoms with Crippen molar-refractivity contribution in [2.24, 2.45) is 7.05 Å². The van der Waals surface area contributed by atoms with Gasteiger partial charge in [-0.25, -0.2) is 0 Å². The Bertz CT molecular complexity index is 1120. The summed E-state index contributed by atoms with van der Waals surface area (Å²) in [7, 11) is 4.43. The van der Waals surface area contributed by atoms with Crippen molar-refractivity contribution in [1.82, 2.24) is 0 Å². The number of fused-ring (bicyclic) bond motifs is 2. The number of thioether (sulfide) groups is 1. The molecule has 0 saturated heterocycles. The lowest BCUT2D eigenvalue weighted by Gasteiger charge is -2.17. The molecule has 1 aliphatic heterocycles. The summed E-state index contributed by atoms with van der Waals surface area (Å²) in [6.45, 7) is 2.31. The lowest BCUT2D eigenvalue weighted by atomic mass is 10.1. The zero-order valence-electron chi connectivity index (χ0n) is 16.0. The van der Waals surface area contributed by atoms with Gasteiger partial charge in [-0.1, -0.05) is 54.3 Å². The minimum atomic E-state index is 1.09. The van der Waals surface area contributed by atoms with E-state index in [2.05, 4.69) is 79.0 Å². The third kappa shape index (κ3) is 2.58.